The van der Waals surface area contributed by atoms with Crippen LogP contribution in [0.25, 0.3) is 0 Å². The van der Waals surface area contributed by atoms with E-state index in [1.165, 1.54) is 6.92 Å². The molecule has 130 valence electrons. The third-order valence-corrected chi connectivity index (χ3v) is 4.82. The lowest BCUT2D eigenvalue weighted by Gasteiger charge is -2.26. The van der Waals surface area contributed by atoms with Gasteiger partial charge in [-0.3, -0.25) is 4.79 Å². The first-order chi connectivity index (χ1) is 11.4. The molecule has 2 heterocycles. The summed E-state index contributed by atoms with van der Waals surface area (Å²) >= 11 is 0. The number of carbonyl (C=O) groups excluding carboxylic acids is 3. The monoisotopic (exact) mass is 336 g/mol. The first-order valence-corrected chi connectivity index (χ1v) is 8.01. The molecule has 1 aliphatic carbocycles. The molecule has 2 bridgehead atoms. The van der Waals surface area contributed by atoms with Crippen LogP contribution in [0.5, 0.6) is 0 Å². The van der Waals surface area contributed by atoms with Crippen LogP contribution >= 0.6 is 0 Å². The van der Waals surface area contributed by atoms with Crippen molar-refractivity contribution in [2.75, 3.05) is 6.61 Å². The minimum Gasteiger partial charge on any atom is -0.458 e. The number of aliphatic hydroxyl groups excluding tert-OH is 1. The van der Waals surface area contributed by atoms with E-state index in [0.717, 1.165) is 0 Å². The lowest BCUT2D eigenvalue weighted by Crippen LogP contribution is -2.31. The van der Waals surface area contributed by atoms with Crippen LogP contribution in [0.4, 0.5) is 0 Å². The number of rotatable bonds is 2. The molecule has 1 fully saturated rings. The van der Waals surface area contributed by atoms with E-state index < -0.39 is 42.1 Å². The van der Waals surface area contributed by atoms with Crippen LogP contribution in [-0.2, 0) is 28.6 Å². The number of aliphatic hydroxyl groups is 1. The smallest absolute Gasteiger partial charge is 0.338 e. The van der Waals surface area contributed by atoms with Crippen LogP contribution in [0, 0.1) is 11.8 Å². The number of hydrogen-bond acceptors (Lipinski definition) is 7. The Morgan fingerprint density at radius 2 is 2.08 bits per heavy atom. The molecular formula is C17H20O7. The Morgan fingerprint density at radius 1 is 1.33 bits per heavy atom. The summed E-state index contributed by atoms with van der Waals surface area (Å²) in [5, 5.41) is 9.61. The van der Waals surface area contributed by atoms with Gasteiger partial charge in [0.15, 0.2) is 0 Å². The summed E-state index contributed by atoms with van der Waals surface area (Å²) in [5.74, 6) is -2.17. The Labute approximate surface area is 139 Å². The Hall–Kier alpha value is -2.15. The Morgan fingerprint density at radius 3 is 2.75 bits per heavy atom. The second-order valence-corrected chi connectivity index (χ2v) is 6.45. The summed E-state index contributed by atoms with van der Waals surface area (Å²) in [5.41, 5.74) is 0.538. The van der Waals surface area contributed by atoms with Crippen LogP contribution in [-0.4, -0.2) is 47.9 Å². The first-order valence-electron chi connectivity index (χ1n) is 8.01. The van der Waals surface area contributed by atoms with Gasteiger partial charge in [0.2, 0.25) is 0 Å². The van der Waals surface area contributed by atoms with Gasteiger partial charge in [-0.2, -0.15) is 0 Å². The fourth-order valence-corrected chi connectivity index (χ4v) is 3.62. The molecule has 0 aromatic heterocycles. The zero-order valence-electron chi connectivity index (χ0n) is 13.4. The highest BCUT2D eigenvalue weighted by atomic mass is 16.6. The summed E-state index contributed by atoms with van der Waals surface area (Å²) in [7, 11) is 0. The van der Waals surface area contributed by atoms with E-state index in [9.17, 15) is 19.5 Å². The van der Waals surface area contributed by atoms with Crippen LogP contribution < -0.4 is 0 Å². The predicted molar refractivity (Wildman–Crippen MR) is 80.5 cm³/mol. The van der Waals surface area contributed by atoms with E-state index in [1.807, 2.05) is 0 Å². The van der Waals surface area contributed by atoms with Crippen molar-refractivity contribution in [1.82, 2.24) is 0 Å². The van der Waals surface area contributed by atoms with Crippen molar-refractivity contribution in [3.8, 4) is 0 Å². The minimum absolute atomic E-state index is 0.0848. The van der Waals surface area contributed by atoms with Gasteiger partial charge in [0, 0.05) is 19.1 Å². The van der Waals surface area contributed by atoms with Gasteiger partial charge in [-0.15, -0.1) is 0 Å². The van der Waals surface area contributed by atoms with Gasteiger partial charge in [0.1, 0.15) is 18.3 Å². The fourth-order valence-electron chi connectivity index (χ4n) is 3.62. The molecule has 1 N–H and O–H groups in total. The van der Waals surface area contributed by atoms with Crippen LogP contribution in [0.2, 0.25) is 0 Å². The molecule has 0 saturated carbocycles. The topological polar surface area (TPSA) is 99.1 Å². The molecule has 7 heteroatoms. The molecule has 7 nitrogen and oxygen atoms in total. The van der Waals surface area contributed by atoms with Gasteiger partial charge >= 0.3 is 17.9 Å². The molecule has 0 amide bonds. The highest BCUT2D eigenvalue weighted by molar-refractivity contribution is 5.94. The maximum absolute atomic E-state index is 12.2. The lowest BCUT2D eigenvalue weighted by atomic mass is 9.83. The van der Waals surface area contributed by atoms with Gasteiger partial charge in [-0.25, -0.2) is 9.59 Å². The second kappa shape index (κ2) is 6.39. The van der Waals surface area contributed by atoms with Crippen molar-refractivity contribution in [3.63, 3.8) is 0 Å². The van der Waals surface area contributed by atoms with Gasteiger partial charge in [-0.05, 0) is 31.3 Å². The Bertz CT molecular complexity index is 620. The van der Waals surface area contributed by atoms with E-state index in [2.05, 4.69) is 6.58 Å². The number of esters is 3. The minimum atomic E-state index is -0.711. The second-order valence-electron chi connectivity index (χ2n) is 6.45. The number of carbonyl (C=O) groups is 3. The molecule has 5 atom stereocenters. The zero-order chi connectivity index (χ0) is 17.4. The summed E-state index contributed by atoms with van der Waals surface area (Å²) in [4.78, 5) is 35.4. The molecule has 3 rings (SSSR count). The summed E-state index contributed by atoms with van der Waals surface area (Å²) < 4.78 is 16.0. The van der Waals surface area contributed by atoms with Crippen LogP contribution in [0.3, 0.4) is 0 Å². The average Bonchev–Trinajstić information content (AvgIpc) is 3.01. The first kappa shape index (κ1) is 16.7. The van der Waals surface area contributed by atoms with Crippen molar-refractivity contribution >= 4 is 17.9 Å². The highest BCUT2D eigenvalue weighted by Crippen LogP contribution is 2.40. The molecule has 0 unspecified atom stereocenters. The maximum atomic E-state index is 12.2. The fraction of sp³-hybridized carbons (Fsp3) is 0.588. The third-order valence-electron chi connectivity index (χ3n) is 4.82. The van der Waals surface area contributed by atoms with E-state index >= 15 is 0 Å². The van der Waals surface area contributed by atoms with Gasteiger partial charge < -0.3 is 19.3 Å². The molecule has 3 aliphatic rings. The quantitative estimate of drug-likeness (QED) is 0.449. The Kier molecular flexibility index (Phi) is 4.45. The van der Waals surface area contributed by atoms with Gasteiger partial charge in [-0.1, -0.05) is 6.58 Å². The standard InChI is InChI=1S/C17H20O7/c1-8-15-13(23-16(8)20)5-10(7-18)3-4-12(22-9(2)19)11-6-14(15)24-17(11)21/h6,10,12-15,18H,1,3-5,7H2,2H3/t10-,12+,13-,14-,15+/m1/s1. The van der Waals surface area contributed by atoms with E-state index in [1.54, 1.807) is 6.08 Å². The largest absolute Gasteiger partial charge is 0.458 e. The number of fused-ring (bicyclic) bond motifs is 3. The zero-order valence-corrected chi connectivity index (χ0v) is 13.4. The molecule has 24 heavy (non-hydrogen) atoms. The molecule has 0 aromatic rings. The SMILES string of the molecule is C=C1C(=O)O[C@@H]2C[C@H](CO)CC[C@H](OC(C)=O)C3=C[C@@H](OC3=O)[C@@H]12. The molecule has 0 radical (unpaired) electrons. The van der Waals surface area contributed by atoms with Crippen molar-refractivity contribution in [3.05, 3.63) is 23.8 Å². The van der Waals surface area contributed by atoms with Gasteiger partial charge in [0.25, 0.3) is 0 Å². The molecule has 0 aromatic carbocycles. The maximum Gasteiger partial charge on any atom is 0.338 e. The lowest BCUT2D eigenvalue weighted by molar-refractivity contribution is -0.147. The van der Waals surface area contributed by atoms with Crippen molar-refractivity contribution in [2.45, 2.75) is 44.5 Å². The molecular weight excluding hydrogens is 316 g/mol. The van der Waals surface area contributed by atoms with Crippen LogP contribution in [0.1, 0.15) is 26.2 Å². The summed E-state index contributed by atoms with van der Waals surface area (Å²) in [6.07, 6.45) is 1.10. The number of ether oxygens (including phenoxy) is 3. The predicted octanol–water partition coefficient (Wildman–Crippen LogP) is 0.660. The third kappa shape index (κ3) is 2.96. The Balaban J connectivity index is 1.96. The van der Waals surface area contributed by atoms with Crippen molar-refractivity contribution < 1.29 is 33.7 Å². The van der Waals surface area contributed by atoms with E-state index in [0.29, 0.717) is 19.3 Å². The van der Waals surface area contributed by atoms with Crippen LogP contribution in [0.15, 0.2) is 23.8 Å². The average molecular weight is 336 g/mol. The molecule has 0 spiro atoms. The van der Waals surface area contributed by atoms with Gasteiger partial charge in [0.05, 0.1) is 11.5 Å². The molecule has 1 saturated heterocycles. The summed E-state index contributed by atoms with van der Waals surface area (Å²) in [6.45, 7) is 4.96. The van der Waals surface area contributed by atoms with Crippen molar-refractivity contribution in [2.24, 2.45) is 11.8 Å². The molecule has 2 aliphatic heterocycles. The summed E-state index contributed by atoms with van der Waals surface area (Å²) in [6, 6.07) is 0. The van der Waals surface area contributed by atoms with E-state index in [4.69, 9.17) is 14.2 Å². The number of hydrogen-bond donors (Lipinski definition) is 1. The van der Waals surface area contributed by atoms with Crippen molar-refractivity contribution in [1.29, 1.82) is 0 Å². The van der Waals surface area contributed by atoms with E-state index in [-0.39, 0.29) is 23.7 Å². The highest BCUT2D eigenvalue weighted by Gasteiger charge is 2.48. The normalized spacial score (nSPS) is 35.7.